The highest BCUT2D eigenvalue weighted by Crippen LogP contribution is 2.29. The maximum absolute atomic E-state index is 13.8. The third-order valence-corrected chi connectivity index (χ3v) is 4.11. The molecule has 0 bridgehead atoms. The van der Waals surface area contributed by atoms with E-state index >= 15 is 0 Å². The van der Waals surface area contributed by atoms with Gasteiger partial charge in [0.1, 0.15) is 18.2 Å². The molecule has 0 fully saturated rings. The summed E-state index contributed by atoms with van der Waals surface area (Å²) in [6, 6.07) is 19.5. The summed E-state index contributed by atoms with van der Waals surface area (Å²) in [6.07, 6.45) is 1.69. The van der Waals surface area contributed by atoms with Crippen molar-refractivity contribution < 1.29 is 18.6 Å². The van der Waals surface area contributed by atoms with Gasteiger partial charge in [-0.2, -0.15) is 5.10 Å². The molecule has 0 aromatic heterocycles. The molecule has 0 radical (unpaired) electrons. The fourth-order valence-corrected chi connectivity index (χ4v) is 2.61. The number of benzene rings is 3. The molecule has 0 spiro atoms. The van der Waals surface area contributed by atoms with Gasteiger partial charge in [-0.15, -0.1) is 0 Å². The van der Waals surface area contributed by atoms with Crippen LogP contribution in [-0.2, 0) is 6.61 Å². The summed E-state index contributed by atoms with van der Waals surface area (Å²) in [4.78, 5) is 0. The van der Waals surface area contributed by atoms with Crippen molar-refractivity contribution in [2.75, 3.05) is 19.1 Å². The van der Waals surface area contributed by atoms with Gasteiger partial charge in [-0.05, 0) is 61.0 Å². The van der Waals surface area contributed by atoms with E-state index in [1.165, 1.54) is 6.07 Å². The van der Waals surface area contributed by atoms with Crippen LogP contribution in [0.2, 0.25) is 0 Å². The molecule has 150 valence electrons. The maximum Gasteiger partial charge on any atom is 0.161 e. The second-order valence-corrected chi connectivity index (χ2v) is 6.12. The number of hydrazone groups is 1. The number of nitrogens with one attached hydrogen (secondary N) is 1. The van der Waals surface area contributed by atoms with Crippen LogP contribution in [0.4, 0.5) is 10.1 Å². The van der Waals surface area contributed by atoms with Crippen molar-refractivity contribution in [3.63, 3.8) is 0 Å². The molecule has 0 saturated heterocycles. The molecule has 0 amide bonds. The summed E-state index contributed by atoms with van der Waals surface area (Å²) >= 11 is 0. The van der Waals surface area contributed by atoms with Gasteiger partial charge in [-0.3, -0.25) is 5.43 Å². The Bertz CT molecular complexity index is 959. The zero-order valence-electron chi connectivity index (χ0n) is 16.4. The molecule has 0 saturated carbocycles. The zero-order chi connectivity index (χ0) is 20.5. The van der Waals surface area contributed by atoms with E-state index in [1.807, 2.05) is 43.3 Å². The van der Waals surface area contributed by atoms with Crippen LogP contribution in [0.5, 0.6) is 17.2 Å². The van der Waals surface area contributed by atoms with E-state index in [0.717, 1.165) is 17.0 Å². The highest BCUT2D eigenvalue weighted by Gasteiger charge is 2.08. The largest absolute Gasteiger partial charge is 0.497 e. The van der Waals surface area contributed by atoms with Crippen LogP contribution in [0.3, 0.4) is 0 Å². The number of ether oxygens (including phenoxy) is 3. The Kier molecular flexibility index (Phi) is 7.05. The van der Waals surface area contributed by atoms with E-state index in [0.29, 0.717) is 23.7 Å². The molecule has 1 N–H and O–H groups in total. The molecular weight excluding hydrogens is 371 g/mol. The topological polar surface area (TPSA) is 52.1 Å². The lowest BCUT2D eigenvalue weighted by molar-refractivity contribution is 0.266. The first-order chi connectivity index (χ1) is 14.2. The molecule has 5 nitrogen and oxygen atoms in total. The van der Waals surface area contributed by atoms with Crippen LogP contribution in [0.25, 0.3) is 0 Å². The molecule has 0 atom stereocenters. The fourth-order valence-electron chi connectivity index (χ4n) is 2.61. The minimum Gasteiger partial charge on any atom is -0.497 e. The Hall–Kier alpha value is -3.54. The molecule has 0 aliphatic rings. The van der Waals surface area contributed by atoms with Crippen molar-refractivity contribution >= 4 is 11.9 Å². The van der Waals surface area contributed by atoms with Gasteiger partial charge in [0.05, 0.1) is 25.6 Å². The number of methoxy groups -OCH3 is 1. The third kappa shape index (κ3) is 5.72. The number of nitrogens with zero attached hydrogens (tertiary/aromatic N) is 1. The standard InChI is InChI=1S/C23H23FN2O3/c1-3-28-23-14-17(15-25-26-19-9-11-20(27-2)12-10-19)8-13-22(23)29-16-18-6-4-5-7-21(18)24/h4-15,26H,3,16H2,1-2H3/b25-15+. The zero-order valence-corrected chi connectivity index (χ0v) is 16.4. The smallest absolute Gasteiger partial charge is 0.161 e. The first-order valence-electron chi connectivity index (χ1n) is 9.25. The van der Waals surface area contributed by atoms with Crippen molar-refractivity contribution in [1.29, 1.82) is 0 Å². The molecule has 0 aliphatic heterocycles. The SMILES string of the molecule is CCOc1cc(/C=N/Nc2ccc(OC)cc2)ccc1OCc1ccccc1F. The van der Waals surface area contributed by atoms with E-state index in [4.69, 9.17) is 14.2 Å². The lowest BCUT2D eigenvalue weighted by atomic mass is 10.2. The lowest BCUT2D eigenvalue weighted by Crippen LogP contribution is -2.02. The first-order valence-corrected chi connectivity index (χ1v) is 9.25. The Morgan fingerprint density at radius 1 is 0.966 bits per heavy atom. The van der Waals surface area contributed by atoms with Crippen LogP contribution in [0.15, 0.2) is 71.8 Å². The van der Waals surface area contributed by atoms with Gasteiger partial charge in [0.2, 0.25) is 0 Å². The van der Waals surface area contributed by atoms with Crippen molar-refractivity contribution in [2.24, 2.45) is 5.10 Å². The number of anilines is 1. The van der Waals surface area contributed by atoms with Crippen LogP contribution in [-0.4, -0.2) is 19.9 Å². The average Bonchev–Trinajstić information content (AvgIpc) is 2.75. The predicted molar refractivity (Wildman–Crippen MR) is 113 cm³/mol. The van der Waals surface area contributed by atoms with Crippen molar-refractivity contribution in [2.45, 2.75) is 13.5 Å². The van der Waals surface area contributed by atoms with Crippen LogP contribution >= 0.6 is 0 Å². The Labute approximate surface area is 169 Å². The highest BCUT2D eigenvalue weighted by molar-refractivity contribution is 5.81. The molecule has 0 heterocycles. The second kappa shape index (κ2) is 10.1. The maximum atomic E-state index is 13.8. The van der Waals surface area contributed by atoms with Crippen molar-refractivity contribution in [1.82, 2.24) is 0 Å². The highest BCUT2D eigenvalue weighted by atomic mass is 19.1. The van der Waals surface area contributed by atoms with E-state index in [-0.39, 0.29) is 12.4 Å². The van der Waals surface area contributed by atoms with Gasteiger partial charge in [0.15, 0.2) is 11.5 Å². The minimum atomic E-state index is -0.293. The molecule has 0 unspecified atom stereocenters. The van der Waals surface area contributed by atoms with Gasteiger partial charge >= 0.3 is 0 Å². The molecule has 29 heavy (non-hydrogen) atoms. The summed E-state index contributed by atoms with van der Waals surface area (Å²) in [6.45, 7) is 2.51. The van der Waals surface area contributed by atoms with Gasteiger partial charge in [-0.1, -0.05) is 18.2 Å². The Balaban J connectivity index is 1.67. The number of hydrogen-bond donors (Lipinski definition) is 1. The lowest BCUT2D eigenvalue weighted by Gasteiger charge is -2.13. The Morgan fingerprint density at radius 3 is 2.48 bits per heavy atom. The average molecular weight is 394 g/mol. The summed E-state index contributed by atoms with van der Waals surface area (Å²) in [5.74, 6) is 1.62. The van der Waals surface area contributed by atoms with Gasteiger partial charge in [0.25, 0.3) is 0 Å². The predicted octanol–water partition coefficient (Wildman–Crippen LogP) is 5.26. The van der Waals surface area contributed by atoms with Crippen LogP contribution < -0.4 is 19.6 Å². The summed E-state index contributed by atoms with van der Waals surface area (Å²) in [5, 5.41) is 4.24. The van der Waals surface area contributed by atoms with E-state index in [1.54, 1.807) is 37.6 Å². The quantitative estimate of drug-likeness (QED) is 0.397. The van der Waals surface area contributed by atoms with Gasteiger partial charge in [-0.25, -0.2) is 4.39 Å². The summed E-state index contributed by atoms with van der Waals surface area (Å²) in [7, 11) is 1.63. The molecule has 3 aromatic rings. The third-order valence-electron chi connectivity index (χ3n) is 4.11. The van der Waals surface area contributed by atoms with Crippen molar-refractivity contribution in [3.8, 4) is 17.2 Å². The molecule has 3 rings (SSSR count). The summed E-state index contributed by atoms with van der Waals surface area (Å²) < 4.78 is 30.4. The van der Waals surface area contributed by atoms with Gasteiger partial charge in [0, 0.05) is 5.56 Å². The van der Waals surface area contributed by atoms with Crippen LogP contribution in [0, 0.1) is 5.82 Å². The molecular formula is C23H23FN2O3. The number of halogens is 1. The fraction of sp³-hybridized carbons (Fsp3) is 0.174. The monoisotopic (exact) mass is 394 g/mol. The van der Waals surface area contributed by atoms with Gasteiger partial charge < -0.3 is 14.2 Å². The molecule has 3 aromatic carbocycles. The van der Waals surface area contributed by atoms with Crippen LogP contribution in [0.1, 0.15) is 18.1 Å². The van der Waals surface area contributed by atoms with E-state index in [9.17, 15) is 4.39 Å². The number of hydrogen-bond acceptors (Lipinski definition) is 5. The molecule has 6 heteroatoms. The molecule has 0 aliphatic carbocycles. The minimum absolute atomic E-state index is 0.124. The second-order valence-electron chi connectivity index (χ2n) is 6.12. The number of rotatable bonds is 9. The summed E-state index contributed by atoms with van der Waals surface area (Å²) in [5.41, 5.74) is 5.14. The van der Waals surface area contributed by atoms with E-state index < -0.39 is 0 Å². The Morgan fingerprint density at radius 2 is 1.76 bits per heavy atom. The van der Waals surface area contributed by atoms with Crippen molar-refractivity contribution in [3.05, 3.63) is 83.7 Å². The first kappa shape index (κ1) is 20.2. The normalized spacial score (nSPS) is 10.7. The van der Waals surface area contributed by atoms with E-state index in [2.05, 4.69) is 10.5 Å².